The van der Waals surface area contributed by atoms with Gasteiger partial charge in [-0.3, -0.25) is 4.79 Å². The van der Waals surface area contributed by atoms with Crippen molar-refractivity contribution in [1.29, 1.82) is 0 Å². The molecule has 0 saturated heterocycles. The van der Waals surface area contributed by atoms with E-state index in [2.05, 4.69) is 4.72 Å². The van der Waals surface area contributed by atoms with Gasteiger partial charge in [0.1, 0.15) is 0 Å². The second-order valence-corrected chi connectivity index (χ2v) is 9.35. The van der Waals surface area contributed by atoms with E-state index in [0.29, 0.717) is 19.4 Å². The Balaban J connectivity index is 1.55. The van der Waals surface area contributed by atoms with Crippen LogP contribution in [0.2, 0.25) is 0 Å². The summed E-state index contributed by atoms with van der Waals surface area (Å²) in [5, 5.41) is 0. The first kappa shape index (κ1) is 22.7. The van der Waals surface area contributed by atoms with Crippen molar-refractivity contribution in [2.45, 2.75) is 37.2 Å². The molecule has 1 atom stereocenters. The lowest BCUT2D eigenvalue weighted by Gasteiger charge is -2.17. The third-order valence-corrected chi connectivity index (χ3v) is 6.74. The quantitative estimate of drug-likeness (QED) is 0.543. The number of aryl methyl sites for hydroxylation is 1. The van der Waals surface area contributed by atoms with Crippen molar-refractivity contribution < 1.29 is 13.2 Å². The van der Waals surface area contributed by atoms with Gasteiger partial charge in [0.2, 0.25) is 15.9 Å². The molecular formula is C25H28N2O3S. The molecule has 1 N–H and O–H groups in total. The van der Waals surface area contributed by atoms with Crippen molar-refractivity contribution >= 4 is 15.9 Å². The second-order valence-electron chi connectivity index (χ2n) is 7.63. The summed E-state index contributed by atoms with van der Waals surface area (Å²) in [5.74, 6) is 0.0545. The summed E-state index contributed by atoms with van der Waals surface area (Å²) in [6.45, 7) is 2.39. The molecule has 3 rings (SSSR count). The van der Waals surface area contributed by atoms with Gasteiger partial charge in [0.25, 0.3) is 0 Å². The monoisotopic (exact) mass is 436 g/mol. The van der Waals surface area contributed by atoms with Gasteiger partial charge in [-0.1, -0.05) is 72.8 Å². The lowest BCUT2D eigenvalue weighted by atomic mass is 10.1. The molecule has 3 aromatic rings. The minimum absolute atomic E-state index is 0.0545. The predicted octanol–water partition coefficient (Wildman–Crippen LogP) is 4.32. The molecule has 6 heteroatoms. The van der Waals surface area contributed by atoms with Crippen molar-refractivity contribution in [3.05, 3.63) is 102 Å². The van der Waals surface area contributed by atoms with Gasteiger partial charge in [0.15, 0.2) is 0 Å². The summed E-state index contributed by atoms with van der Waals surface area (Å²) in [6.07, 6.45) is 0.935. The molecule has 0 radical (unpaired) electrons. The molecule has 0 aliphatic carbocycles. The molecule has 0 fully saturated rings. The molecule has 1 amide bonds. The molecule has 0 saturated carbocycles. The Hall–Kier alpha value is -2.96. The summed E-state index contributed by atoms with van der Waals surface area (Å²) in [5.41, 5.74) is 2.92. The van der Waals surface area contributed by atoms with Gasteiger partial charge in [0, 0.05) is 26.1 Å². The molecule has 31 heavy (non-hydrogen) atoms. The first-order valence-corrected chi connectivity index (χ1v) is 11.8. The van der Waals surface area contributed by atoms with E-state index in [4.69, 9.17) is 0 Å². The Morgan fingerprint density at radius 1 is 0.871 bits per heavy atom. The largest absolute Gasteiger partial charge is 0.341 e. The zero-order chi connectivity index (χ0) is 22.3. The number of carbonyl (C=O) groups excluding carboxylic acids is 1. The highest BCUT2D eigenvalue weighted by Crippen LogP contribution is 2.18. The Labute approximate surface area is 184 Å². The lowest BCUT2D eigenvalue weighted by molar-refractivity contribution is -0.130. The summed E-state index contributed by atoms with van der Waals surface area (Å²) >= 11 is 0. The standard InChI is InChI=1S/C25H28N2O3S/c1-20(23-11-7-4-8-12-23)26-31(29,30)24-16-13-21(14-17-24)15-18-25(28)27(2)19-22-9-5-3-6-10-22/h3-14,16-17,20,26H,15,18-19H2,1-2H3/t20-/m0/s1. The summed E-state index contributed by atoms with van der Waals surface area (Å²) in [4.78, 5) is 14.3. The zero-order valence-electron chi connectivity index (χ0n) is 17.9. The van der Waals surface area contributed by atoms with Crippen molar-refractivity contribution in [1.82, 2.24) is 9.62 Å². The number of sulfonamides is 1. The minimum atomic E-state index is -3.63. The van der Waals surface area contributed by atoms with Crippen molar-refractivity contribution in [3.8, 4) is 0 Å². The van der Waals surface area contributed by atoms with Crippen molar-refractivity contribution in [2.24, 2.45) is 0 Å². The van der Waals surface area contributed by atoms with Crippen LogP contribution in [-0.4, -0.2) is 26.3 Å². The van der Waals surface area contributed by atoms with Gasteiger partial charge in [-0.2, -0.15) is 0 Å². The van der Waals surface area contributed by atoms with Crippen LogP contribution < -0.4 is 4.72 Å². The van der Waals surface area contributed by atoms with Crippen LogP contribution >= 0.6 is 0 Å². The fourth-order valence-corrected chi connectivity index (χ4v) is 4.57. The highest BCUT2D eigenvalue weighted by atomic mass is 32.2. The molecular weight excluding hydrogens is 408 g/mol. The van der Waals surface area contributed by atoms with Crippen LogP contribution in [-0.2, 0) is 27.8 Å². The lowest BCUT2D eigenvalue weighted by Crippen LogP contribution is -2.27. The number of benzene rings is 3. The summed E-state index contributed by atoms with van der Waals surface area (Å²) < 4.78 is 28.1. The highest BCUT2D eigenvalue weighted by Gasteiger charge is 2.18. The molecule has 0 aliphatic heterocycles. The van der Waals surface area contributed by atoms with Crippen LogP contribution in [0, 0.1) is 0 Å². The summed E-state index contributed by atoms with van der Waals surface area (Å²) in [6, 6.07) is 25.7. The molecule has 5 nitrogen and oxygen atoms in total. The maximum Gasteiger partial charge on any atom is 0.241 e. The van der Waals surface area contributed by atoms with Gasteiger partial charge in [0.05, 0.1) is 4.90 Å². The number of hydrogen-bond donors (Lipinski definition) is 1. The second kappa shape index (κ2) is 10.4. The van der Waals surface area contributed by atoms with E-state index in [-0.39, 0.29) is 16.8 Å². The van der Waals surface area contributed by atoms with Gasteiger partial charge in [-0.15, -0.1) is 0 Å². The van der Waals surface area contributed by atoms with Crippen LogP contribution in [0.25, 0.3) is 0 Å². The Kier molecular flexibility index (Phi) is 7.60. The average Bonchev–Trinajstić information content (AvgIpc) is 2.78. The Morgan fingerprint density at radius 3 is 2.06 bits per heavy atom. The number of amides is 1. The Bertz CT molecular complexity index is 1080. The number of hydrogen-bond acceptors (Lipinski definition) is 3. The number of nitrogens with zero attached hydrogens (tertiary/aromatic N) is 1. The zero-order valence-corrected chi connectivity index (χ0v) is 18.7. The first-order chi connectivity index (χ1) is 14.8. The minimum Gasteiger partial charge on any atom is -0.341 e. The topological polar surface area (TPSA) is 66.5 Å². The van der Waals surface area contributed by atoms with Crippen molar-refractivity contribution in [2.75, 3.05) is 7.05 Å². The van der Waals surface area contributed by atoms with E-state index in [1.807, 2.05) is 67.6 Å². The van der Waals surface area contributed by atoms with E-state index in [1.165, 1.54) is 0 Å². The predicted molar refractivity (Wildman–Crippen MR) is 123 cm³/mol. The van der Waals surface area contributed by atoms with E-state index in [1.54, 1.807) is 36.2 Å². The highest BCUT2D eigenvalue weighted by molar-refractivity contribution is 7.89. The number of nitrogens with one attached hydrogen (secondary N) is 1. The average molecular weight is 437 g/mol. The molecule has 0 aromatic heterocycles. The van der Waals surface area contributed by atoms with Gasteiger partial charge < -0.3 is 4.90 Å². The molecule has 0 heterocycles. The normalized spacial score (nSPS) is 12.3. The molecule has 0 spiro atoms. The van der Waals surface area contributed by atoms with E-state index in [0.717, 1.165) is 16.7 Å². The van der Waals surface area contributed by atoms with Crippen LogP contribution in [0.5, 0.6) is 0 Å². The molecule has 3 aromatic carbocycles. The van der Waals surface area contributed by atoms with E-state index < -0.39 is 10.0 Å². The third kappa shape index (κ3) is 6.51. The SMILES string of the molecule is C[C@H](NS(=O)(=O)c1ccc(CCC(=O)N(C)Cc2ccccc2)cc1)c1ccccc1. The van der Waals surface area contributed by atoms with Gasteiger partial charge in [-0.05, 0) is 42.2 Å². The van der Waals surface area contributed by atoms with Crippen LogP contribution in [0.4, 0.5) is 0 Å². The Morgan fingerprint density at radius 2 is 1.45 bits per heavy atom. The van der Waals surface area contributed by atoms with Crippen molar-refractivity contribution in [3.63, 3.8) is 0 Å². The first-order valence-electron chi connectivity index (χ1n) is 10.3. The number of rotatable bonds is 9. The van der Waals surface area contributed by atoms with Crippen LogP contribution in [0.3, 0.4) is 0 Å². The molecule has 162 valence electrons. The smallest absolute Gasteiger partial charge is 0.241 e. The van der Waals surface area contributed by atoms with Gasteiger partial charge >= 0.3 is 0 Å². The van der Waals surface area contributed by atoms with Gasteiger partial charge in [-0.25, -0.2) is 13.1 Å². The molecule has 0 aliphatic rings. The maximum absolute atomic E-state index is 12.7. The van der Waals surface area contributed by atoms with E-state index >= 15 is 0 Å². The fourth-order valence-electron chi connectivity index (χ4n) is 3.33. The maximum atomic E-state index is 12.7. The van der Waals surface area contributed by atoms with E-state index in [9.17, 15) is 13.2 Å². The fraction of sp³-hybridized carbons (Fsp3) is 0.240. The number of carbonyl (C=O) groups is 1. The van der Waals surface area contributed by atoms with Crippen LogP contribution in [0.1, 0.15) is 36.1 Å². The molecule has 0 bridgehead atoms. The van der Waals surface area contributed by atoms with Crippen LogP contribution in [0.15, 0.2) is 89.8 Å². The third-order valence-electron chi connectivity index (χ3n) is 5.18. The molecule has 0 unspecified atom stereocenters. The summed E-state index contributed by atoms with van der Waals surface area (Å²) in [7, 11) is -1.83.